The maximum absolute atomic E-state index is 13.3. The monoisotopic (exact) mass is 423 g/mol. The van der Waals surface area contributed by atoms with E-state index in [1.54, 1.807) is 6.92 Å². The van der Waals surface area contributed by atoms with Crippen LogP contribution in [0.15, 0.2) is 30.5 Å². The fraction of sp³-hybridized carbons (Fsp3) is 0.368. The lowest BCUT2D eigenvalue weighted by Crippen LogP contribution is -2.52. The van der Waals surface area contributed by atoms with Crippen LogP contribution in [0.25, 0.3) is 0 Å². The van der Waals surface area contributed by atoms with E-state index in [9.17, 15) is 22.8 Å². The van der Waals surface area contributed by atoms with Gasteiger partial charge in [-0.2, -0.15) is 18.4 Å². The number of thiocarbonyl (C=S) groups is 1. The number of benzene rings is 1. The van der Waals surface area contributed by atoms with Gasteiger partial charge < -0.3 is 9.64 Å². The molecule has 10 heteroatoms. The summed E-state index contributed by atoms with van der Waals surface area (Å²) in [5.41, 5.74) is -2.79. The predicted octanol–water partition coefficient (Wildman–Crippen LogP) is 3.51. The summed E-state index contributed by atoms with van der Waals surface area (Å²) in [6.45, 7) is 1.82. The largest absolute Gasteiger partial charge is 0.463 e. The highest BCUT2D eigenvalue weighted by Gasteiger charge is 2.58. The molecule has 0 unspecified atom stereocenters. The molecule has 1 amide bonds. The quantitative estimate of drug-likeness (QED) is 0.419. The minimum Gasteiger partial charge on any atom is -0.463 e. The Morgan fingerprint density at radius 1 is 1.41 bits per heavy atom. The number of alkyl halides is 3. The Bertz CT molecular complexity index is 948. The lowest BCUT2D eigenvalue weighted by molar-refractivity contribution is -0.138. The third-order valence-corrected chi connectivity index (χ3v) is 5.35. The number of hydrogen-bond acceptors (Lipinski definition) is 5. The maximum Gasteiger partial charge on any atom is 0.417 e. The van der Waals surface area contributed by atoms with E-state index in [0.29, 0.717) is 12.8 Å². The molecule has 152 valence electrons. The van der Waals surface area contributed by atoms with Crippen LogP contribution in [0.4, 0.5) is 18.9 Å². The van der Waals surface area contributed by atoms with Crippen molar-refractivity contribution >= 4 is 34.9 Å². The van der Waals surface area contributed by atoms with Crippen LogP contribution >= 0.6 is 12.2 Å². The standard InChI is InChI=1S/C19H16F3N3O3S/c1-2-28-15(26)6-9-24-17(29)25(16(27)18(24)7-3-8-18)13-5-4-12(11-23)14(10-13)19(20,21)22/h4-6,9-10H,2-3,7-8H2,1H3/b9-6+. The van der Waals surface area contributed by atoms with Gasteiger partial charge in [-0.3, -0.25) is 9.69 Å². The molecule has 1 saturated heterocycles. The molecule has 1 aromatic carbocycles. The van der Waals surface area contributed by atoms with Gasteiger partial charge in [-0.1, -0.05) is 0 Å². The van der Waals surface area contributed by atoms with E-state index < -0.39 is 34.7 Å². The Kier molecular flexibility index (Phi) is 5.36. The normalized spacial score (nSPS) is 18.3. The minimum atomic E-state index is -4.76. The summed E-state index contributed by atoms with van der Waals surface area (Å²) in [5, 5.41) is 8.93. The van der Waals surface area contributed by atoms with Gasteiger partial charge in [-0.15, -0.1) is 0 Å². The summed E-state index contributed by atoms with van der Waals surface area (Å²) in [6.07, 6.45) is -0.634. The number of rotatable bonds is 4. The van der Waals surface area contributed by atoms with Crippen LogP contribution in [-0.2, 0) is 20.5 Å². The Balaban J connectivity index is 2.01. The second-order valence-electron chi connectivity index (χ2n) is 6.59. The Labute approximate surface area is 170 Å². The number of carbonyl (C=O) groups excluding carboxylic acids is 2. The number of anilines is 1. The molecular weight excluding hydrogens is 407 g/mol. The summed E-state index contributed by atoms with van der Waals surface area (Å²) < 4.78 is 44.8. The number of halogens is 3. The van der Waals surface area contributed by atoms with Crippen molar-refractivity contribution in [1.82, 2.24) is 4.90 Å². The van der Waals surface area contributed by atoms with Gasteiger partial charge in [0.1, 0.15) is 5.54 Å². The topological polar surface area (TPSA) is 73.6 Å². The van der Waals surface area contributed by atoms with Crippen LogP contribution in [0.2, 0.25) is 0 Å². The molecule has 0 aromatic heterocycles. The van der Waals surface area contributed by atoms with Crippen molar-refractivity contribution in [2.75, 3.05) is 11.5 Å². The average molecular weight is 423 g/mol. The van der Waals surface area contributed by atoms with E-state index in [-0.39, 0.29) is 17.4 Å². The number of carbonyl (C=O) groups is 2. The Hall–Kier alpha value is -2.93. The molecule has 0 bridgehead atoms. The van der Waals surface area contributed by atoms with Crippen molar-refractivity contribution < 1.29 is 27.5 Å². The lowest BCUT2D eigenvalue weighted by atomic mass is 9.75. The smallest absolute Gasteiger partial charge is 0.417 e. The third kappa shape index (κ3) is 3.46. The van der Waals surface area contributed by atoms with Crippen molar-refractivity contribution in [2.45, 2.75) is 37.9 Å². The summed E-state index contributed by atoms with van der Waals surface area (Å²) in [7, 11) is 0. The fourth-order valence-electron chi connectivity index (χ4n) is 3.42. The van der Waals surface area contributed by atoms with Gasteiger partial charge >= 0.3 is 12.1 Å². The summed E-state index contributed by atoms with van der Waals surface area (Å²) in [5.74, 6) is -1.08. The molecule has 1 aromatic rings. The van der Waals surface area contributed by atoms with Crippen LogP contribution in [0.5, 0.6) is 0 Å². The van der Waals surface area contributed by atoms with E-state index in [1.165, 1.54) is 23.2 Å². The van der Waals surface area contributed by atoms with Crippen molar-refractivity contribution in [3.63, 3.8) is 0 Å². The molecule has 0 atom stereocenters. The van der Waals surface area contributed by atoms with Crippen LogP contribution in [0, 0.1) is 11.3 Å². The number of nitriles is 1. The number of esters is 1. The van der Waals surface area contributed by atoms with Crippen LogP contribution in [0.1, 0.15) is 37.3 Å². The highest BCUT2D eigenvalue weighted by atomic mass is 32.1. The Morgan fingerprint density at radius 3 is 2.62 bits per heavy atom. The second-order valence-corrected chi connectivity index (χ2v) is 6.95. The zero-order chi connectivity index (χ0) is 21.4. The first kappa shape index (κ1) is 20.8. The first-order valence-corrected chi connectivity index (χ1v) is 9.20. The van der Waals surface area contributed by atoms with Gasteiger partial charge in [-0.05, 0) is 56.6 Å². The Morgan fingerprint density at radius 2 is 2.10 bits per heavy atom. The number of hydrogen-bond donors (Lipinski definition) is 0. The molecule has 3 rings (SSSR count). The molecule has 1 saturated carbocycles. The molecule has 0 radical (unpaired) electrons. The van der Waals surface area contributed by atoms with Crippen molar-refractivity contribution in [2.24, 2.45) is 0 Å². The fourth-order valence-corrected chi connectivity index (χ4v) is 3.84. The van der Waals surface area contributed by atoms with Gasteiger partial charge in [0.2, 0.25) is 0 Å². The predicted molar refractivity (Wildman–Crippen MR) is 100 cm³/mol. The lowest BCUT2D eigenvalue weighted by Gasteiger charge is -2.41. The highest BCUT2D eigenvalue weighted by Crippen LogP contribution is 2.46. The highest BCUT2D eigenvalue weighted by molar-refractivity contribution is 7.80. The minimum absolute atomic E-state index is 0.0342. The number of nitrogens with zero attached hydrogens (tertiary/aromatic N) is 3. The maximum atomic E-state index is 13.3. The van der Waals surface area contributed by atoms with Crippen LogP contribution in [-0.4, -0.2) is 34.0 Å². The van der Waals surface area contributed by atoms with Gasteiger partial charge in [0.15, 0.2) is 5.11 Å². The number of ether oxygens (including phenoxy) is 1. The molecule has 1 spiro atoms. The van der Waals surface area contributed by atoms with E-state index in [2.05, 4.69) is 0 Å². The molecule has 6 nitrogen and oxygen atoms in total. The van der Waals surface area contributed by atoms with E-state index in [1.807, 2.05) is 0 Å². The molecule has 1 aliphatic heterocycles. The molecule has 1 aliphatic carbocycles. The SMILES string of the molecule is CCOC(=O)/C=C/N1C(=S)N(c2ccc(C#N)c(C(F)(F)F)c2)C(=O)C12CCC2. The van der Waals surface area contributed by atoms with E-state index >= 15 is 0 Å². The summed E-state index contributed by atoms with van der Waals surface area (Å²) >= 11 is 5.37. The van der Waals surface area contributed by atoms with Crippen LogP contribution < -0.4 is 4.90 Å². The van der Waals surface area contributed by atoms with Crippen molar-refractivity contribution in [3.05, 3.63) is 41.6 Å². The summed E-state index contributed by atoms with van der Waals surface area (Å²) in [4.78, 5) is 27.2. The summed E-state index contributed by atoms with van der Waals surface area (Å²) in [6, 6.07) is 4.51. The van der Waals surface area contributed by atoms with Gasteiger partial charge in [-0.25, -0.2) is 4.79 Å². The zero-order valence-electron chi connectivity index (χ0n) is 15.3. The van der Waals surface area contributed by atoms with Gasteiger partial charge in [0.05, 0.1) is 29.5 Å². The van der Waals surface area contributed by atoms with Crippen molar-refractivity contribution in [1.29, 1.82) is 5.26 Å². The molecular formula is C19H16F3N3O3S. The molecule has 2 fully saturated rings. The van der Waals surface area contributed by atoms with E-state index in [0.717, 1.165) is 29.5 Å². The molecule has 1 heterocycles. The molecule has 2 aliphatic rings. The molecule has 29 heavy (non-hydrogen) atoms. The first-order chi connectivity index (χ1) is 13.7. The van der Waals surface area contributed by atoms with Crippen LogP contribution in [0.3, 0.4) is 0 Å². The van der Waals surface area contributed by atoms with Gasteiger partial charge in [0, 0.05) is 12.3 Å². The van der Waals surface area contributed by atoms with E-state index in [4.69, 9.17) is 22.2 Å². The second kappa shape index (κ2) is 7.48. The number of amides is 1. The zero-order valence-corrected chi connectivity index (χ0v) is 16.1. The van der Waals surface area contributed by atoms with Crippen molar-refractivity contribution in [3.8, 4) is 6.07 Å². The third-order valence-electron chi connectivity index (χ3n) is 4.97. The molecule has 0 N–H and O–H groups in total. The van der Waals surface area contributed by atoms with Gasteiger partial charge in [0.25, 0.3) is 5.91 Å². The average Bonchev–Trinajstić information content (AvgIpc) is 2.85. The first-order valence-electron chi connectivity index (χ1n) is 8.80.